The largest absolute Gasteiger partial charge is 0.472 e. The van der Waals surface area contributed by atoms with E-state index in [0.717, 1.165) is 77.0 Å². The summed E-state index contributed by atoms with van der Waals surface area (Å²) in [6.45, 7) is 4.69. The molecule has 0 aliphatic rings. The Balaban J connectivity index is 4.47. The van der Waals surface area contributed by atoms with Gasteiger partial charge in [0.2, 0.25) is 0 Å². The van der Waals surface area contributed by atoms with Crippen molar-refractivity contribution in [2.75, 3.05) is 40.9 Å². The van der Waals surface area contributed by atoms with E-state index >= 15 is 0 Å². The van der Waals surface area contributed by atoms with Crippen LogP contribution in [0.2, 0.25) is 0 Å². The van der Waals surface area contributed by atoms with Crippen LogP contribution in [0.4, 0.5) is 0 Å². The predicted molar refractivity (Wildman–Crippen MR) is 217 cm³/mol. The summed E-state index contributed by atoms with van der Waals surface area (Å²) in [6.07, 6.45) is 40.5. The number of Topliss-reactive ketones (excluding diaryl/α,β-unsaturated/α-hetero) is 2. The van der Waals surface area contributed by atoms with Crippen molar-refractivity contribution in [1.29, 1.82) is 0 Å². The Kier molecular flexibility index (Phi) is 33.9. The molecule has 0 saturated heterocycles. The van der Waals surface area contributed by atoms with Crippen molar-refractivity contribution in [2.24, 2.45) is 5.92 Å². The molecule has 0 rings (SSSR count). The molecule has 300 valence electrons. The number of ketones is 2. The number of nitrogens with zero attached hydrogens (tertiary/aromatic N) is 1. The Hall–Kier alpha value is -1.11. The van der Waals surface area contributed by atoms with Crippen LogP contribution < -0.4 is 0 Å². The number of phosphoric acid groups is 1. The minimum Gasteiger partial charge on any atom is -0.329 e. The maximum Gasteiger partial charge on any atom is 0.472 e. The molecule has 0 aromatic carbocycles. The standard InChI is InChI=1S/C43H82NO6P/c1-6-8-10-12-14-16-18-20-22-24-26-28-30-32-34-36-42(45)41(40-50-51(47,48)49-39-38-44(3,4)5)43(46)37-35-33-31-29-27-25-23-21-19-17-15-13-11-9-7-2/h20-23,41H,6-19,24-40H2,1-5H3/p+1/b22-20-,23-21-. The molecule has 0 amide bonds. The van der Waals surface area contributed by atoms with Gasteiger partial charge in [-0.05, 0) is 64.2 Å². The molecular weight excluding hydrogens is 657 g/mol. The average Bonchev–Trinajstić information content (AvgIpc) is 3.07. The fourth-order valence-corrected chi connectivity index (χ4v) is 6.81. The maximum atomic E-state index is 13.2. The summed E-state index contributed by atoms with van der Waals surface area (Å²) >= 11 is 0. The lowest BCUT2D eigenvalue weighted by Gasteiger charge is -2.24. The second-order valence-electron chi connectivity index (χ2n) is 15.8. The van der Waals surface area contributed by atoms with Gasteiger partial charge in [0.15, 0.2) is 0 Å². The third-order valence-corrected chi connectivity index (χ3v) is 10.6. The fraction of sp³-hybridized carbons (Fsp3) is 0.860. The van der Waals surface area contributed by atoms with Crippen molar-refractivity contribution >= 4 is 19.4 Å². The minimum absolute atomic E-state index is 0.0493. The van der Waals surface area contributed by atoms with Gasteiger partial charge < -0.3 is 9.38 Å². The second kappa shape index (κ2) is 34.6. The number of quaternary nitrogens is 1. The zero-order valence-electron chi connectivity index (χ0n) is 34.2. The van der Waals surface area contributed by atoms with Crippen LogP contribution in [0, 0.1) is 5.92 Å². The normalized spacial score (nSPS) is 13.5. The number of hydrogen-bond donors (Lipinski definition) is 1. The number of carbonyl (C=O) groups excluding carboxylic acids is 2. The van der Waals surface area contributed by atoms with Gasteiger partial charge in [0, 0.05) is 12.8 Å². The number of carbonyl (C=O) groups is 2. The quantitative estimate of drug-likeness (QED) is 0.0222. The Morgan fingerprint density at radius 1 is 0.549 bits per heavy atom. The molecule has 1 atom stereocenters. The molecule has 1 N–H and O–H groups in total. The summed E-state index contributed by atoms with van der Waals surface area (Å²) in [5.41, 5.74) is 0. The van der Waals surface area contributed by atoms with Crippen molar-refractivity contribution in [3.8, 4) is 0 Å². The van der Waals surface area contributed by atoms with Gasteiger partial charge in [0.25, 0.3) is 0 Å². The van der Waals surface area contributed by atoms with Crippen molar-refractivity contribution in [3.05, 3.63) is 24.3 Å². The zero-order chi connectivity index (χ0) is 37.9. The highest BCUT2D eigenvalue weighted by Gasteiger charge is 2.31. The Labute approximate surface area is 316 Å². The van der Waals surface area contributed by atoms with Gasteiger partial charge in [-0.15, -0.1) is 0 Å². The van der Waals surface area contributed by atoms with Crippen molar-refractivity contribution in [3.63, 3.8) is 0 Å². The van der Waals surface area contributed by atoms with Crippen LogP contribution in [0.25, 0.3) is 0 Å². The smallest absolute Gasteiger partial charge is 0.329 e. The van der Waals surface area contributed by atoms with E-state index in [1.807, 2.05) is 21.1 Å². The summed E-state index contributed by atoms with van der Waals surface area (Å²) in [4.78, 5) is 36.7. The lowest BCUT2D eigenvalue weighted by Crippen LogP contribution is -2.37. The summed E-state index contributed by atoms with van der Waals surface area (Å²) in [5, 5.41) is 0. The molecular formula is C43H83NO6P+. The summed E-state index contributed by atoms with van der Waals surface area (Å²) in [7, 11) is 1.52. The number of hydrogen-bond acceptors (Lipinski definition) is 5. The van der Waals surface area contributed by atoms with E-state index in [9.17, 15) is 19.0 Å². The second-order valence-corrected chi connectivity index (χ2v) is 17.2. The van der Waals surface area contributed by atoms with E-state index in [-0.39, 0.29) is 18.2 Å². The van der Waals surface area contributed by atoms with Crippen molar-refractivity contribution in [1.82, 2.24) is 0 Å². The van der Waals surface area contributed by atoms with Gasteiger partial charge in [-0.2, -0.15) is 0 Å². The number of likely N-dealkylation sites (N-methyl/N-ethyl adjacent to an activating group) is 1. The summed E-state index contributed by atoms with van der Waals surface area (Å²) in [6, 6.07) is 0. The topological polar surface area (TPSA) is 89.9 Å². The number of phosphoric ester groups is 1. The molecule has 0 radical (unpaired) electrons. The van der Waals surface area contributed by atoms with Crippen LogP contribution in [0.3, 0.4) is 0 Å². The van der Waals surface area contributed by atoms with E-state index in [1.165, 1.54) is 89.9 Å². The molecule has 0 spiro atoms. The van der Waals surface area contributed by atoms with Crippen LogP contribution in [-0.4, -0.2) is 61.8 Å². The lowest BCUT2D eigenvalue weighted by atomic mass is 9.92. The Morgan fingerprint density at radius 2 is 0.882 bits per heavy atom. The minimum atomic E-state index is -4.36. The summed E-state index contributed by atoms with van der Waals surface area (Å²) < 4.78 is 23.5. The molecule has 8 heteroatoms. The highest BCUT2D eigenvalue weighted by Crippen LogP contribution is 2.43. The van der Waals surface area contributed by atoms with Crippen LogP contribution in [-0.2, 0) is 23.2 Å². The molecule has 0 aliphatic carbocycles. The lowest BCUT2D eigenvalue weighted by molar-refractivity contribution is -0.870. The maximum absolute atomic E-state index is 13.2. The van der Waals surface area contributed by atoms with E-state index in [1.54, 1.807) is 0 Å². The molecule has 7 nitrogen and oxygen atoms in total. The predicted octanol–water partition coefficient (Wildman–Crippen LogP) is 12.7. The van der Waals surface area contributed by atoms with Crippen LogP contribution >= 0.6 is 7.82 Å². The van der Waals surface area contributed by atoms with E-state index < -0.39 is 20.3 Å². The highest BCUT2D eigenvalue weighted by atomic mass is 31.2. The van der Waals surface area contributed by atoms with Gasteiger partial charge in [-0.1, -0.05) is 141 Å². The van der Waals surface area contributed by atoms with Gasteiger partial charge in [-0.3, -0.25) is 18.6 Å². The molecule has 1 unspecified atom stereocenters. The van der Waals surface area contributed by atoms with Gasteiger partial charge in [0.1, 0.15) is 30.6 Å². The first kappa shape index (κ1) is 49.9. The average molecular weight is 741 g/mol. The fourth-order valence-electron chi connectivity index (χ4n) is 6.09. The number of unbranched alkanes of at least 4 members (excludes halogenated alkanes) is 22. The molecule has 0 aromatic rings. The summed E-state index contributed by atoms with van der Waals surface area (Å²) in [5.74, 6) is -1.38. The Bertz CT molecular complexity index is 876. The van der Waals surface area contributed by atoms with Crippen molar-refractivity contribution < 1.29 is 32.6 Å². The zero-order valence-corrected chi connectivity index (χ0v) is 35.1. The third kappa shape index (κ3) is 35.7. The molecule has 0 fully saturated rings. The molecule has 0 bridgehead atoms. The molecule has 0 heterocycles. The first-order valence-electron chi connectivity index (χ1n) is 21.3. The van der Waals surface area contributed by atoms with E-state index in [0.29, 0.717) is 23.9 Å². The van der Waals surface area contributed by atoms with Gasteiger partial charge in [-0.25, -0.2) is 4.57 Å². The van der Waals surface area contributed by atoms with Crippen LogP contribution in [0.15, 0.2) is 24.3 Å². The molecule has 0 aliphatic heterocycles. The SMILES string of the molecule is CCCCCCCC/C=C\CCCCCCCC(=O)C(COP(=O)(O)OCC[N+](C)(C)C)C(=O)CCCCCCC/C=C\CCCCCCCC. The van der Waals surface area contributed by atoms with Gasteiger partial charge >= 0.3 is 7.82 Å². The molecule has 0 saturated carbocycles. The van der Waals surface area contributed by atoms with Crippen LogP contribution in [0.5, 0.6) is 0 Å². The molecule has 51 heavy (non-hydrogen) atoms. The van der Waals surface area contributed by atoms with E-state index in [4.69, 9.17) is 9.05 Å². The van der Waals surface area contributed by atoms with Crippen molar-refractivity contribution in [2.45, 2.75) is 194 Å². The third-order valence-electron chi connectivity index (χ3n) is 9.57. The first-order valence-corrected chi connectivity index (χ1v) is 22.8. The first-order chi connectivity index (χ1) is 24.5. The number of allylic oxidation sites excluding steroid dienone is 4. The highest BCUT2D eigenvalue weighted by molar-refractivity contribution is 7.47. The monoisotopic (exact) mass is 741 g/mol. The van der Waals surface area contributed by atoms with Crippen LogP contribution in [0.1, 0.15) is 194 Å². The van der Waals surface area contributed by atoms with Gasteiger partial charge in [0.05, 0.1) is 27.7 Å². The van der Waals surface area contributed by atoms with E-state index in [2.05, 4.69) is 38.2 Å². The molecule has 0 aromatic heterocycles. The number of rotatable bonds is 39. The Morgan fingerprint density at radius 3 is 1.24 bits per heavy atom.